The van der Waals surface area contributed by atoms with E-state index in [9.17, 15) is 13.2 Å². The molecule has 1 aromatic carbocycles. The number of halogens is 1. The number of benzene rings is 1. The molecule has 0 saturated carbocycles. The van der Waals surface area contributed by atoms with Gasteiger partial charge in [-0.1, -0.05) is 0 Å². The average molecular weight is 378 g/mol. The first-order valence-corrected chi connectivity index (χ1v) is 8.47. The SMILES string of the molecule is CNC(=O)C1COCCN1S(=O)(=O)c1ccc(Br)c(N)c1. The summed E-state index contributed by atoms with van der Waals surface area (Å²) < 4.78 is 32.4. The molecule has 1 aliphatic rings. The Kier molecular flexibility index (Phi) is 4.87. The molecule has 2 rings (SSSR count). The van der Waals surface area contributed by atoms with Crippen LogP contribution in [-0.2, 0) is 19.6 Å². The number of nitrogens with two attached hydrogens (primary N) is 1. The predicted octanol–water partition coefficient (Wildman–Crippen LogP) is 0.167. The molecule has 1 amide bonds. The Morgan fingerprint density at radius 2 is 2.24 bits per heavy atom. The van der Waals surface area contributed by atoms with Crippen molar-refractivity contribution in [1.29, 1.82) is 0 Å². The first-order valence-electron chi connectivity index (χ1n) is 6.24. The van der Waals surface area contributed by atoms with E-state index in [1.165, 1.54) is 19.2 Å². The summed E-state index contributed by atoms with van der Waals surface area (Å²) in [6, 6.07) is 3.51. The van der Waals surface area contributed by atoms with E-state index < -0.39 is 22.0 Å². The highest BCUT2D eigenvalue weighted by molar-refractivity contribution is 9.10. The maximum atomic E-state index is 12.7. The summed E-state index contributed by atoms with van der Waals surface area (Å²) in [6.07, 6.45) is 0. The van der Waals surface area contributed by atoms with Gasteiger partial charge in [0.2, 0.25) is 15.9 Å². The van der Waals surface area contributed by atoms with Gasteiger partial charge in [-0.25, -0.2) is 8.42 Å². The summed E-state index contributed by atoms with van der Waals surface area (Å²) in [5.74, 6) is -0.400. The summed E-state index contributed by atoms with van der Waals surface area (Å²) in [7, 11) is -2.36. The van der Waals surface area contributed by atoms with Gasteiger partial charge in [-0.2, -0.15) is 4.31 Å². The van der Waals surface area contributed by atoms with Crippen LogP contribution in [0.5, 0.6) is 0 Å². The van der Waals surface area contributed by atoms with Crippen molar-refractivity contribution in [2.75, 3.05) is 32.5 Å². The molecule has 1 aliphatic heterocycles. The number of nitrogen functional groups attached to an aromatic ring is 1. The van der Waals surface area contributed by atoms with Crippen LogP contribution in [0, 0.1) is 0 Å². The van der Waals surface area contributed by atoms with Crippen LogP contribution in [0.3, 0.4) is 0 Å². The van der Waals surface area contributed by atoms with Crippen molar-refractivity contribution in [3.8, 4) is 0 Å². The Bertz CT molecular complexity index is 650. The van der Waals surface area contributed by atoms with Crippen LogP contribution >= 0.6 is 15.9 Å². The summed E-state index contributed by atoms with van der Waals surface area (Å²) >= 11 is 3.22. The summed E-state index contributed by atoms with van der Waals surface area (Å²) in [5, 5.41) is 2.45. The van der Waals surface area contributed by atoms with Gasteiger partial charge >= 0.3 is 0 Å². The molecule has 0 spiro atoms. The van der Waals surface area contributed by atoms with Gasteiger partial charge in [0.25, 0.3) is 0 Å². The zero-order valence-electron chi connectivity index (χ0n) is 11.4. The van der Waals surface area contributed by atoms with Crippen LogP contribution in [-0.4, -0.2) is 51.5 Å². The molecule has 0 bridgehead atoms. The number of likely N-dealkylation sites (N-methyl/N-ethyl adjacent to an activating group) is 1. The van der Waals surface area contributed by atoms with Gasteiger partial charge in [0.05, 0.1) is 18.1 Å². The quantitative estimate of drug-likeness (QED) is 0.730. The zero-order chi connectivity index (χ0) is 15.6. The molecule has 116 valence electrons. The molecule has 0 aromatic heterocycles. The van der Waals surface area contributed by atoms with E-state index in [1.807, 2.05) is 0 Å². The number of nitrogens with zero attached hydrogens (tertiary/aromatic N) is 1. The van der Waals surface area contributed by atoms with Crippen LogP contribution in [0.1, 0.15) is 0 Å². The first-order chi connectivity index (χ1) is 9.87. The number of hydrogen-bond donors (Lipinski definition) is 2. The Morgan fingerprint density at radius 3 is 2.86 bits per heavy atom. The third kappa shape index (κ3) is 3.20. The molecule has 0 aliphatic carbocycles. The number of rotatable bonds is 3. The molecule has 7 nitrogen and oxygen atoms in total. The number of anilines is 1. The molecule has 3 N–H and O–H groups in total. The van der Waals surface area contributed by atoms with Crippen LogP contribution in [0.15, 0.2) is 27.6 Å². The second kappa shape index (κ2) is 6.30. The third-order valence-electron chi connectivity index (χ3n) is 3.20. The molecule has 21 heavy (non-hydrogen) atoms. The van der Waals surface area contributed by atoms with Crippen molar-refractivity contribution >= 4 is 37.5 Å². The molecule has 1 atom stereocenters. The number of hydrogen-bond acceptors (Lipinski definition) is 5. The molecule has 0 radical (unpaired) electrons. The lowest BCUT2D eigenvalue weighted by molar-refractivity contribution is -0.128. The van der Waals surface area contributed by atoms with Crippen LogP contribution in [0.2, 0.25) is 0 Å². The fourth-order valence-corrected chi connectivity index (χ4v) is 3.91. The van der Waals surface area contributed by atoms with Crippen molar-refractivity contribution in [2.45, 2.75) is 10.9 Å². The summed E-state index contributed by atoms with van der Waals surface area (Å²) in [6.45, 7) is 0.403. The van der Waals surface area contributed by atoms with Gasteiger partial charge in [0, 0.05) is 23.8 Å². The number of nitrogens with one attached hydrogen (secondary N) is 1. The smallest absolute Gasteiger partial charge is 0.244 e. The molecule has 1 saturated heterocycles. The minimum atomic E-state index is -3.81. The van der Waals surface area contributed by atoms with Crippen molar-refractivity contribution in [3.05, 3.63) is 22.7 Å². The highest BCUT2D eigenvalue weighted by Crippen LogP contribution is 2.26. The minimum Gasteiger partial charge on any atom is -0.398 e. The number of ether oxygens (including phenoxy) is 1. The van der Waals surface area contributed by atoms with Crippen molar-refractivity contribution in [3.63, 3.8) is 0 Å². The summed E-state index contributed by atoms with van der Waals surface area (Å²) in [5.41, 5.74) is 6.05. The van der Waals surface area contributed by atoms with Crippen molar-refractivity contribution in [1.82, 2.24) is 9.62 Å². The van der Waals surface area contributed by atoms with Gasteiger partial charge < -0.3 is 15.8 Å². The predicted molar refractivity (Wildman–Crippen MR) is 81.1 cm³/mol. The number of carbonyl (C=O) groups excluding carboxylic acids is 1. The normalized spacial score (nSPS) is 20.2. The number of carbonyl (C=O) groups is 1. The number of sulfonamides is 1. The molecular weight excluding hydrogens is 362 g/mol. The largest absolute Gasteiger partial charge is 0.398 e. The van der Waals surface area contributed by atoms with Gasteiger partial charge in [-0.3, -0.25) is 4.79 Å². The lowest BCUT2D eigenvalue weighted by atomic mass is 10.2. The van der Waals surface area contributed by atoms with E-state index >= 15 is 0 Å². The average Bonchev–Trinajstić information content (AvgIpc) is 2.49. The van der Waals surface area contributed by atoms with Crippen molar-refractivity contribution in [2.24, 2.45) is 0 Å². The van der Waals surface area contributed by atoms with Gasteiger partial charge in [0.15, 0.2) is 0 Å². The third-order valence-corrected chi connectivity index (χ3v) is 5.83. The number of morpholine rings is 1. The van der Waals surface area contributed by atoms with E-state index in [4.69, 9.17) is 10.5 Å². The molecule has 1 fully saturated rings. The van der Waals surface area contributed by atoms with E-state index in [-0.39, 0.29) is 24.7 Å². The lowest BCUT2D eigenvalue weighted by Crippen LogP contribution is -2.55. The molecular formula is C12H16BrN3O4S. The Hall–Kier alpha value is -1.16. The van der Waals surface area contributed by atoms with Crippen LogP contribution < -0.4 is 11.1 Å². The number of amides is 1. The standard InChI is InChI=1S/C12H16BrN3O4S/c1-15-12(17)11-7-20-5-4-16(11)21(18,19)8-2-3-9(13)10(14)6-8/h2-3,6,11H,4-5,7,14H2,1H3,(H,15,17). The van der Waals surface area contributed by atoms with Crippen LogP contribution in [0.4, 0.5) is 5.69 Å². The second-order valence-corrected chi connectivity index (χ2v) is 7.25. The van der Waals surface area contributed by atoms with E-state index in [1.54, 1.807) is 6.07 Å². The van der Waals surface area contributed by atoms with Gasteiger partial charge in [-0.15, -0.1) is 0 Å². The molecule has 1 unspecified atom stereocenters. The topological polar surface area (TPSA) is 102 Å². The summed E-state index contributed by atoms with van der Waals surface area (Å²) in [4.78, 5) is 11.9. The highest BCUT2D eigenvalue weighted by Gasteiger charge is 2.38. The zero-order valence-corrected chi connectivity index (χ0v) is 13.8. The molecule has 1 heterocycles. The highest BCUT2D eigenvalue weighted by atomic mass is 79.9. The Balaban J connectivity index is 2.40. The molecule has 1 aromatic rings. The first kappa shape index (κ1) is 16.2. The second-order valence-electron chi connectivity index (χ2n) is 4.50. The van der Waals surface area contributed by atoms with Crippen molar-refractivity contribution < 1.29 is 17.9 Å². The minimum absolute atomic E-state index is 0.0327. The fourth-order valence-electron chi connectivity index (χ4n) is 2.07. The Morgan fingerprint density at radius 1 is 1.52 bits per heavy atom. The maximum absolute atomic E-state index is 12.7. The maximum Gasteiger partial charge on any atom is 0.244 e. The molecule has 9 heteroatoms. The monoisotopic (exact) mass is 377 g/mol. The van der Waals surface area contributed by atoms with E-state index in [2.05, 4.69) is 21.2 Å². The Labute approximate surface area is 131 Å². The van der Waals surface area contributed by atoms with E-state index in [0.29, 0.717) is 10.2 Å². The van der Waals surface area contributed by atoms with Gasteiger partial charge in [-0.05, 0) is 34.1 Å². The van der Waals surface area contributed by atoms with Gasteiger partial charge in [0.1, 0.15) is 6.04 Å². The van der Waals surface area contributed by atoms with Crippen LogP contribution in [0.25, 0.3) is 0 Å². The lowest BCUT2D eigenvalue weighted by Gasteiger charge is -2.33. The fraction of sp³-hybridized carbons (Fsp3) is 0.417. The van der Waals surface area contributed by atoms with E-state index in [0.717, 1.165) is 4.31 Å².